The summed E-state index contributed by atoms with van der Waals surface area (Å²) in [6.45, 7) is 5.23. The van der Waals surface area contributed by atoms with E-state index in [1.54, 1.807) is 6.07 Å². The van der Waals surface area contributed by atoms with Crippen LogP contribution in [0.25, 0.3) is 0 Å². The molecule has 0 unspecified atom stereocenters. The van der Waals surface area contributed by atoms with Crippen molar-refractivity contribution in [3.63, 3.8) is 0 Å². The molecule has 4 heteroatoms. The minimum Gasteiger partial charge on any atom is -0.478 e. The number of benzene rings is 1. The Kier molecular flexibility index (Phi) is 3.95. The van der Waals surface area contributed by atoms with Gasteiger partial charge in [0.25, 0.3) is 0 Å². The molecular weight excluding hydrogens is 294 g/mol. The number of rotatable bonds is 5. The second kappa shape index (κ2) is 5.31. The number of halogens is 1. The summed E-state index contributed by atoms with van der Waals surface area (Å²) in [5.74, 6) is -0.349. The van der Waals surface area contributed by atoms with E-state index in [0.29, 0.717) is 22.0 Å². The van der Waals surface area contributed by atoms with E-state index in [4.69, 9.17) is 0 Å². The normalized spacial score (nSPS) is 14.9. The van der Waals surface area contributed by atoms with Gasteiger partial charge in [-0.3, -0.25) is 0 Å². The minimum absolute atomic E-state index is 0.380. The van der Waals surface area contributed by atoms with Gasteiger partial charge in [-0.05, 0) is 46.8 Å². The number of carboxylic acid groups (broad SMARTS) is 1. The number of hydrogen-bond donors (Lipinski definition) is 1. The van der Waals surface area contributed by atoms with E-state index in [1.165, 1.54) is 0 Å². The van der Waals surface area contributed by atoms with E-state index in [-0.39, 0.29) is 0 Å². The average Bonchev–Trinajstić information content (AvgIpc) is 3.08. The molecule has 0 spiro atoms. The highest BCUT2D eigenvalue weighted by molar-refractivity contribution is 9.10. The number of anilines is 1. The lowest BCUT2D eigenvalue weighted by Crippen LogP contribution is -2.31. The summed E-state index contributed by atoms with van der Waals surface area (Å²) in [6, 6.07) is 6.11. The smallest absolute Gasteiger partial charge is 0.338 e. The zero-order chi connectivity index (χ0) is 13.3. The Morgan fingerprint density at radius 3 is 2.67 bits per heavy atom. The van der Waals surface area contributed by atoms with E-state index in [1.807, 2.05) is 12.1 Å². The maximum Gasteiger partial charge on any atom is 0.338 e. The fourth-order valence-corrected chi connectivity index (χ4v) is 2.71. The van der Waals surface area contributed by atoms with Gasteiger partial charge in [-0.1, -0.05) is 19.9 Å². The van der Waals surface area contributed by atoms with Crippen molar-refractivity contribution in [2.75, 3.05) is 11.4 Å². The minimum atomic E-state index is -0.869. The molecule has 1 aliphatic carbocycles. The van der Waals surface area contributed by atoms with Crippen LogP contribution in [0, 0.1) is 5.92 Å². The average molecular weight is 312 g/mol. The van der Waals surface area contributed by atoms with E-state index >= 15 is 0 Å². The van der Waals surface area contributed by atoms with Crippen molar-refractivity contribution in [2.45, 2.75) is 32.7 Å². The van der Waals surface area contributed by atoms with Gasteiger partial charge in [0.15, 0.2) is 0 Å². The number of hydrogen-bond acceptors (Lipinski definition) is 2. The molecule has 18 heavy (non-hydrogen) atoms. The maximum atomic E-state index is 11.4. The molecule has 1 aromatic rings. The summed E-state index contributed by atoms with van der Waals surface area (Å²) >= 11 is 3.34. The molecular formula is C14H18BrNO2. The van der Waals surface area contributed by atoms with Crippen molar-refractivity contribution in [1.82, 2.24) is 0 Å². The quantitative estimate of drug-likeness (QED) is 0.899. The van der Waals surface area contributed by atoms with Crippen LogP contribution in [0.5, 0.6) is 0 Å². The molecule has 0 amide bonds. The van der Waals surface area contributed by atoms with Crippen molar-refractivity contribution in [1.29, 1.82) is 0 Å². The van der Waals surface area contributed by atoms with E-state index in [2.05, 4.69) is 34.7 Å². The van der Waals surface area contributed by atoms with Gasteiger partial charge in [0.05, 0.1) is 11.3 Å². The standard InChI is InChI=1S/C14H18BrNO2/c1-9(2)8-16(10-6-7-10)12-5-3-4-11(15)13(12)14(17)18/h3-5,9-10H,6-8H2,1-2H3,(H,17,18). The third-order valence-corrected chi connectivity index (χ3v) is 3.73. The SMILES string of the molecule is CC(C)CN(c1cccc(Br)c1C(=O)O)C1CC1. The highest BCUT2D eigenvalue weighted by Gasteiger charge is 2.32. The molecule has 1 fully saturated rings. The number of carboxylic acids is 1. The van der Waals surface area contributed by atoms with E-state index in [0.717, 1.165) is 25.1 Å². The number of carbonyl (C=O) groups is 1. The zero-order valence-corrected chi connectivity index (χ0v) is 12.3. The van der Waals surface area contributed by atoms with Crippen LogP contribution in [0.4, 0.5) is 5.69 Å². The Bertz CT molecular complexity index is 455. The third kappa shape index (κ3) is 2.86. The molecule has 3 nitrogen and oxygen atoms in total. The lowest BCUT2D eigenvalue weighted by Gasteiger charge is -2.28. The summed E-state index contributed by atoms with van der Waals surface area (Å²) in [5.41, 5.74) is 1.22. The molecule has 0 aliphatic heterocycles. The van der Waals surface area contributed by atoms with Gasteiger partial charge < -0.3 is 10.0 Å². The van der Waals surface area contributed by atoms with Crippen molar-refractivity contribution < 1.29 is 9.90 Å². The molecule has 1 aromatic carbocycles. The Morgan fingerprint density at radius 1 is 1.50 bits per heavy atom. The summed E-state index contributed by atoms with van der Waals surface area (Å²) in [6.07, 6.45) is 2.33. The van der Waals surface area contributed by atoms with Crippen LogP contribution in [-0.2, 0) is 0 Å². The third-order valence-electron chi connectivity index (χ3n) is 3.06. The van der Waals surface area contributed by atoms with Gasteiger partial charge in [0, 0.05) is 17.1 Å². The highest BCUT2D eigenvalue weighted by atomic mass is 79.9. The van der Waals surface area contributed by atoms with Gasteiger partial charge in [0.2, 0.25) is 0 Å². The van der Waals surface area contributed by atoms with Crippen LogP contribution in [0.15, 0.2) is 22.7 Å². The van der Waals surface area contributed by atoms with E-state index in [9.17, 15) is 9.90 Å². The first kappa shape index (κ1) is 13.4. The molecule has 0 bridgehead atoms. The monoisotopic (exact) mass is 311 g/mol. The molecule has 0 saturated heterocycles. The predicted octanol–water partition coefficient (Wildman–Crippen LogP) is 3.77. The Morgan fingerprint density at radius 2 is 2.17 bits per heavy atom. The maximum absolute atomic E-state index is 11.4. The largest absolute Gasteiger partial charge is 0.478 e. The first-order valence-corrected chi connectivity index (χ1v) is 7.08. The molecule has 0 atom stereocenters. The second-order valence-corrected chi connectivity index (χ2v) is 6.07. The van der Waals surface area contributed by atoms with Crippen molar-refractivity contribution in [2.24, 2.45) is 5.92 Å². The van der Waals surface area contributed by atoms with Crippen LogP contribution in [0.3, 0.4) is 0 Å². The highest BCUT2D eigenvalue weighted by Crippen LogP contribution is 2.36. The summed E-state index contributed by atoms with van der Waals surface area (Å²) < 4.78 is 0.655. The van der Waals surface area contributed by atoms with Crippen LogP contribution in [0.2, 0.25) is 0 Å². The molecule has 98 valence electrons. The fourth-order valence-electron chi connectivity index (χ4n) is 2.19. The van der Waals surface area contributed by atoms with Gasteiger partial charge in [-0.25, -0.2) is 4.79 Å². The molecule has 1 saturated carbocycles. The summed E-state index contributed by atoms with van der Waals surface area (Å²) in [4.78, 5) is 13.7. The molecule has 0 radical (unpaired) electrons. The van der Waals surface area contributed by atoms with Crippen LogP contribution >= 0.6 is 15.9 Å². The molecule has 0 heterocycles. The first-order valence-electron chi connectivity index (χ1n) is 6.29. The Balaban J connectivity index is 2.40. The topological polar surface area (TPSA) is 40.5 Å². The van der Waals surface area contributed by atoms with Crippen LogP contribution < -0.4 is 4.90 Å². The van der Waals surface area contributed by atoms with Gasteiger partial charge in [0.1, 0.15) is 0 Å². The van der Waals surface area contributed by atoms with Crippen molar-refractivity contribution >= 4 is 27.6 Å². The Hall–Kier alpha value is -1.03. The van der Waals surface area contributed by atoms with Gasteiger partial charge in [-0.2, -0.15) is 0 Å². The summed E-state index contributed by atoms with van der Waals surface area (Å²) in [5, 5.41) is 9.38. The lowest BCUT2D eigenvalue weighted by atomic mass is 10.1. The molecule has 1 aliphatic rings. The summed E-state index contributed by atoms with van der Waals surface area (Å²) in [7, 11) is 0. The predicted molar refractivity (Wildman–Crippen MR) is 76.3 cm³/mol. The van der Waals surface area contributed by atoms with E-state index < -0.39 is 5.97 Å². The van der Waals surface area contributed by atoms with Crippen LogP contribution in [0.1, 0.15) is 37.0 Å². The van der Waals surface area contributed by atoms with Gasteiger partial charge in [-0.15, -0.1) is 0 Å². The van der Waals surface area contributed by atoms with Crippen LogP contribution in [-0.4, -0.2) is 23.7 Å². The zero-order valence-electron chi connectivity index (χ0n) is 10.7. The lowest BCUT2D eigenvalue weighted by molar-refractivity contribution is 0.0696. The number of nitrogens with zero attached hydrogens (tertiary/aromatic N) is 1. The Labute approximate surface area is 116 Å². The second-order valence-electron chi connectivity index (χ2n) is 5.22. The van der Waals surface area contributed by atoms with Gasteiger partial charge >= 0.3 is 5.97 Å². The fraction of sp³-hybridized carbons (Fsp3) is 0.500. The van der Waals surface area contributed by atoms with Crippen molar-refractivity contribution in [3.05, 3.63) is 28.2 Å². The number of aromatic carboxylic acids is 1. The molecule has 0 aromatic heterocycles. The molecule has 2 rings (SSSR count). The first-order chi connectivity index (χ1) is 8.50. The molecule has 1 N–H and O–H groups in total. The van der Waals surface area contributed by atoms with Crippen molar-refractivity contribution in [3.8, 4) is 0 Å².